The summed E-state index contributed by atoms with van der Waals surface area (Å²) < 4.78 is 29.2. The van der Waals surface area contributed by atoms with Crippen molar-refractivity contribution in [2.24, 2.45) is 0 Å². The highest BCUT2D eigenvalue weighted by atomic mass is 35.5. The van der Waals surface area contributed by atoms with Crippen LogP contribution in [0.1, 0.15) is 37.0 Å². The van der Waals surface area contributed by atoms with Crippen molar-refractivity contribution in [2.75, 3.05) is 10.8 Å². The number of nitrogens with one attached hydrogen (secondary N) is 1. The number of rotatable bonds is 13. The first-order valence-corrected chi connectivity index (χ1v) is 16.9. The summed E-state index contributed by atoms with van der Waals surface area (Å²) in [5.74, 6) is -0.882. The molecule has 0 heterocycles. The van der Waals surface area contributed by atoms with Gasteiger partial charge in [0, 0.05) is 29.1 Å². The molecule has 0 aromatic heterocycles. The van der Waals surface area contributed by atoms with Gasteiger partial charge in [0.15, 0.2) is 0 Å². The van der Waals surface area contributed by atoms with Gasteiger partial charge in [-0.1, -0.05) is 103 Å². The summed E-state index contributed by atoms with van der Waals surface area (Å²) in [6.07, 6.45) is 0.934. The van der Waals surface area contributed by atoms with Gasteiger partial charge in [-0.25, -0.2) is 8.42 Å². The molecule has 2 amide bonds. The predicted molar refractivity (Wildman–Crippen MR) is 181 cm³/mol. The van der Waals surface area contributed by atoms with E-state index >= 15 is 0 Å². The zero-order chi connectivity index (χ0) is 32.6. The minimum atomic E-state index is -4.26. The molecule has 2 atom stereocenters. The lowest BCUT2D eigenvalue weighted by atomic mass is 10.0. The maximum absolute atomic E-state index is 14.6. The smallest absolute Gasteiger partial charge is 0.264 e. The fourth-order valence-electron chi connectivity index (χ4n) is 4.90. The monoisotopic (exact) mass is 665 g/mol. The molecule has 0 spiro atoms. The molecule has 0 fully saturated rings. The molecule has 0 saturated heterocycles. The van der Waals surface area contributed by atoms with Crippen molar-refractivity contribution in [1.82, 2.24) is 10.2 Å². The standard InChI is InChI=1S/C35H37Cl2N3O4S/c1-4-26(3)38-35(42)33(19-27-14-7-5-8-15-27)39(23-28-16-12-11-13-25(28)2)34(41)24-40(31-21-29(36)20-30(37)22-31)45(43,44)32-17-9-6-10-18-32/h5-18,20-22,26,33H,4,19,23-24H2,1-3H3,(H,38,42)/t26-,33-/m1/s1. The lowest BCUT2D eigenvalue weighted by Gasteiger charge is -2.34. The van der Waals surface area contributed by atoms with E-state index in [4.69, 9.17) is 23.2 Å². The SMILES string of the molecule is CC[C@@H](C)NC(=O)[C@@H](Cc1ccccc1)N(Cc1ccccc1C)C(=O)CN(c1cc(Cl)cc(Cl)c1)S(=O)(=O)c1ccccc1. The lowest BCUT2D eigenvalue weighted by Crippen LogP contribution is -2.54. The van der Waals surface area contributed by atoms with Gasteiger partial charge in [0.1, 0.15) is 12.6 Å². The Balaban J connectivity index is 1.83. The first-order valence-electron chi connectivity index (χ1n) is 14.7. The van der Waals surface area contributed by atoms with Crippen molar-refractivity contribution >= 4 is 50.7 Å². The third-order valence-electron chi connectivity index (χ3n) is 7.62. The van der Waals surface area contributed by atoms with E-state index in [1.54, 1.807) is 18.2 Å². The Bertz CT molecular complexity index is 1700. The Hall–Kier alpha value is -3.85. The number of sulfonamides is 1. The summed E-state index contributed by atoms with van der Waals surface area (Å²) in [7, 11) is -4.26. The van der Waals surface area contributed by atoms with Gasteiger partial charge in [0.25, 0.3) is 10.0 Å². The highest BCUT2D eigenvalue weighted by Gasteiger charge is 2.35. The molecule has 45 heavy (non-hydrogen) atoms. The average molecular weight is 667 g/mol. The Kier molecular flexibility index (Phi) is 11.7. The van der Waals surface area contributed by atoms with E-state index in [2.05, 4.69) is 5.32 Å². The van der Waals surface area contributed by atoms with Gasteiger partial charge in [-0.05, 0) is 67.3 Å². The number of benzene rings is 4. The summed E-state index contributed by atoms with van der Waals surface area (Å²) in [6, 6.07) is 28.2. The molecule has 4 aromatic carbocycles. The van der Waals surface area contributed by atoms with Crippen LogP contribution >= 0.6 is 23.2 Å². The molecule has 0 saturated carbocycles. The van der Waals surface area contributed by atoms with Crippen LogP contribution in [0.2, 0.25) is 10.0 Å². The second-order valence-electron chi connectivity index (χ2n) is 10.9. The molecule has 4 aromatic rings. The minimum absolute atomic E-state index is 0.00491. The average Bonchev–Trinajstić information content (AvgIpc) is 3.02. The molecule has 1 N–H and O–H groups in total. The maximum Gasteiger partial charge on any atom is 0.264 e. The molecular formula is C35H37Cl2N3O4S. The van der Waals surface area contributed by atoms with Crippen molar-refractivity contribution in [3.8, 4) is 0 Å². The third kappa shape index (κ3) is 8.87. The first-order chi connectivity index (χ1) is 21.5. The fraction of sp³-hybridized carbons (Fsp3) is 0.257. The van der Waals surface area contributed by atoms with Crippen LogP contribution in [0.5, 0.6) is 0 Å². The molecule has 7 nitrogen and oxygen atoms in total. The summed E-state index contributed by atoms with van der Waals surface area (Å²) in [5, 5.41) is 3.47. The minimum Gasteiger partial charge on any atom is -0.352 e. The van der Waals surface area contributed by atoms with Crippen molar-refractivity contribution in [2.45, 2.75) is 57.1 Å². The quantitative estimate of drug-likeness (QED) is 0.166. The third-order valence-corrected chi connectivity index (χ3v) is 9.84. The highest BCUT2D eigenvalue weighted by Crippen LogP contribution is 2.30. The van der Waals surface area contributed by atoms with E-state index in [-0.39, 0.29) is 45.5 Å². The molecule has 10 heteroatoms. The van der Waals surface area contributed by atoms with Crippen LogP contribution in [0, 0.1) is 6.92 Å². The molecule has 0 aliphatic heterocycles. The van der Waals surface area contributed by atoms with Gasteiger partial charge in [0.05, 0.1) is 10.6 Å². The Morgan fingerprint density at radius 1 is 0.844 bits per heavy atom. The van der Waals surface area contributed by atoms with Crippen LogP contribution in [0.15, 0.2) is 108 Å². The van der Waals surface area contributed by atoms with E-state index < -0.39 is 28.5 Å². The van der Waals surface area contributed by atoms with E-state index in [0.717, 1.165) is 21.0 Å². The second kappa shape index (κ2) is 15.4. The van der Waals surface area contributed by atoms with Crippen molar-refractivity contribution in [3.05, 3.63) is 130 Å². The maximum atomic E-state index is 14.6. The number of amides is 2. The molecule has 0 aliphatic rings. The number of hydrogen-bond acceptors (Lipinski definition) is 4. The molecule has 0 radical (unpaired) electrons. The number of carbonyl (C=O) groups is 2. The zero-order valence-electron chi connectivity index (χ0n) is 25.5. The molecule has 0 unspecified atom stereocenters. The molecular weight excluding hydrogens is 629 g/mol. The van der Waals surface area contributed by atoms with Gasteiger partial charge in [-0.3, -0.25) is 13.9 Å². The summed E-state index contributed by atoms with van der Waals surface area (Å²) in [4.78, 5) is 30.0. The fourth-order valence-corrected chi connectivity index (χ4v) is 6.83. The number of halogens is 2. The number of anilines is 1. The Morgan fingerprint density at radius 3 is 2.02 bits per heavy atom. The first kappa shape index (κ1) is 34.0. The molecule has 236 valence electrons. The van der Waals surface area contributed by atoms with Gasteiger partial charge in [-0.2, -0.15) is 0 Å². The molecule has 4 rings (SSSR count). The molecule has 0 bridgehead atoms. The highest BCUT2D eigenvalue weighted by molar-refractivity contribution is 7.92. The number of aryl methyl sites for hydroxylation is 1. The summed E-state index contributed by atoms with van der Waals surface area (Å²) in [6.45, 7) is 5.30. The van der Waals surface area contributed by atoms with Crippen LogP contribution in [-0.4, -0.2) is 43.8 Å². The van der Waals surface area contributed by atoms with E-state index in [9.17, 15) is 18.0 Å². The van der Waals surface area contributed by atoms with Crippen molar-refractivity contribution in [1.29, 1.82) is 0 Å². The van der Waals surface area contributed by atoms with Gasteiger partial charge < -0.3 is 10.2 Å². The molecule has 0 aliphatic carbocycles. The normalized spacial score (nSPS) is 12.6. The van der Waals surface area contributed by atoms with Gasteiger partial charge in [0.2, 0.25) is 11.8 Å². The van der Waals surface area contributed by atoms with Gasteiger partial charge >= 0.3 is 0 Å². The Labute approximate surface area is 275 Å². The number of carbonyl (C=O) groups excluding carboxylic acids is 2. The number of nitrogens with zero attached hydrogens (tertiary/aromatic N) is 2. The predicted octanol–water partition coefficient (Wildman–Crippen LogP) is 7.05. The number of hydrogen-bond donors (Lipinski definition) is 1. The van der Waals surface area contributed by atoms with Crippen molar-refractivity contribution < 1.29 is 18.0 Å². The zero-order valence-corrected chi connectivity index (χ0v) is 27.8. The summed E-state index contributed by atoms with van der Waals surface area (Å²) in [5.41, 5.74) is 2.76. The topological polar surface area (TPSA) is 86.8 Å². The van der Waals surface area contributed by atoms with Crippen LogP contribution in [-0.2, 0) is 32.6 Å². The van der Waals surface area contributed by atoms with Gasteiger partial charge in [-0.15, -0.1) is 0 Å². The van der Waals surface area contributed by atoms with E-state index in [0.29, 0.717) is 6.42 Å². The van der Waals surface area contributed by atoms with Crippen molar-refractivity contribution in [3.63, 3.8) is 0 Å². The summed E-state index contributed by atoms with van der Waals surface area (Å²) >= 11 is 12.6. The van der Waals surface area contributed by atoms with E-state index in [1.807, 2.05) is 75.4 Å². The van der Waals surface area contributed by atoms with Crippen LogP contribution in [0.4, 0.5) is 5.69 Å². The van der Waals surface area contributed by atoms with Crippen LogP contribution in [0.3, 0.4) is 0 Å². The van der Waals surface area contributed by atoms with Crippen LogP contribution in [0.25, 0.3) is 0 Å². The second-order valence-corrected chi connectivity index (χ2v) is 13.7. The Morgan fingerprint density at radius 2 is 1.42 bits per heavy atom. The van der Waals surface area contributed by atoms with E-state index in [1.165, 1.54) is 35.2 Å². The lowest BCUT2D eigenvalue weighted by molar-refractivity contribution is -0.140. The van der Waals surface area contributed by atoms with Crippen LogP contribution < -0.4 is 9.62 Å². The largest absolute Gasteiger partial charge is 0.352 e.